The number of benzene rings is 3. The van der Waals surface area contributed by atoms with E-state index in [-0.39, 0.29) is 87.7 Å². The lowest BCUT2D eigenvalue weighted by Gasteiger charge is -2.28. The highest BCUT2D eigenvalue weighted by atomic mass is 35.5. The first-order valence-electron chi connectivity index (χ1n) is 16.4. The average molecular weight is 769 g/mol. The van der Waals surface area contributed by atoms with E-state index >= 15 is 0 Å². The van der Waals surface area contributed by atoms with Gasteiger partial charge in [-0.05, 0) is 43.8 Å². The number of ether oxygens (including phenoxy) is 1. The number of nitrogens with zero attached hydrogens (tertiary/aromatic N) is 4. The van der Waals surface area contributed by atoms with Gasteiger partial charge in [-0.2, -0.15) is 16.8 Å². The number of aliphatic hydroxyl groups excluding tert-OH is 2. The van der Waals surface area contributed by atoms with Crippen molar-refractivity contribution in [3.05, 3.63) is 40.2 Å². The fourth-order valence-electron chi connectivity index (χ4n) is 6.00. The second kappa shape index (κ2) is 16.0. The van der Waals surface area contributed by atoms with Gasteiger partial charge in [-0.25, -0.2) is 4.98 Å². The summed E-state index contributed by atoms with van der Waals surface area (Å²) in [6.07, 6.45) is 0.276. The summed E-state index contributed by atoms with van der Waals surface area (Å²) in [5.74, 6) is -0.335. The Morgan fingerprint density at radius 1 is 0.902 bits per heavy atom. The highest BCUT2D eigenvalue weighted by Gasteiger charge is 2.34. The van der Waals surface area contributed by atoms with Gasteiger partial charge in [0.25, 0.3) is 10.1 Å². The number of rotatable bonds is 16. The Balaban J connectivity index is 1.63. The summed E-state index contributed by atoms with van der Waals surface area (Å²) >= 11 is 6.88. The summed E-state index contributed by atoms with van der Waals surface area (Å²) in [6, 6.07) is 5.91. The number of hydrogen-bond acceptors (Lipinski definition) is 14. The van der Waals surface area contributed by atoms with Crippen LogP contribution in [0.15, 0.2) is 43.5 Å². The Kier molecular flexibility index (Phi) is 12.1. The van der Waals surface area contributed by atoms with Crippen molar-refractivity contribution in [3.63, 3.8) is 0 Å². The van der Waals surface area contributed by atoms with Crippen LogP contribution < -0.4 is 20.7 Å². The van der Waals surface area contributed by atoms with Gasteiger partial charge in [0.05, 0.1) is 36.5 Å². The summed E-state index contributed by atoms with van der Waals surface area (Å²) in [5.41, 5.74) is 1.10. The summed E-state index contributed by atoms with van der Waals surface area (Å²) in [7, 11) is -9.72. The molecule has 1 aliphatic carbocycles. The van der Waals surface area contributed by atoms with E-state index in [4.69, 9.17) is 20.8 Å². The first-order chi connectivity index (χ1) is 24.3. The van der Waals surface area contributed by atoms with Crippen molar-refractivity contribution in [3.8, 4) is 23.0 Å². The van der Waals surface area contributed by atoms with E-state index in [1.165, 1.54) is 18.2 Å². The maximum Gasteiger partial charge on any atom is 0.300 e. The van der Waals surface area contributed by atoms with E-state index in [9.17, 15) is 36.2 Å². The second-order valence-electron chi connectivity index (χ2n) is 11.6. The standard InChI is InChI=1S/C32H41ClN6O10S2/c1-4-19-25-30(49-29-20(36-25)7-9-23(32(29)51(45,46)47)35-12-14-39(6-3)16-18-41)24(33)26-27(19)48-28-21(37-26)8-10-22(31(28)50(42,43)44)34-11-13-38(5-2)15-17-40/h7-10,34,37,40-41H,4-6,11-18H2,1-3H3,(H,42,43,44)(H,45,46,47). The fourth-order valence-corrected chi connectivity index (χ4v) is 7.84. The minimum absolute atomic E-state index is 0.0276. The normalized spacial score (nSPS) is 13.5. The minimum atomic E-state index is -4.88. The Hall–Kier alpha value is -3.59. The van der Waals surface area contributed by atoms with Crippen molar-refractivity contribution >= 4 is 60.0 Å². The van der Waals surface area contributed by atoms with Crippen LogP contribution in [-0.2, 0) is 26.7 Å². The molecular weight excluding hydrogens is 728 g/mol. The smallest absolute Gasteiger partial charge is 0.300 e. The minimum Gasteiger partial charge on any atom is -0.451 e. The number of aliphatic hydroxyl groups is 2. The van der Waals surface area contributed by atoms with Crippen LogP contribution in [-0.4, -0.2) is 117 Å². The maximum absolute atomic E-state index is 12.8. The first-order valence-corrected chi connectivity index (χ1v) is 19.6. The predicted octanol–water partition coefficient (Wildman–Crippen LogP) is 3.43. The largest absolute Gasteiger partial charge is 0.451 e. The van der Waals surface area contributed by atoms with E-state index in [0.717, 1.165) is 0 Å². The Morgan fingerprint density at radius 2 is 1.57 bits per heavy atom. The molecule has 0 fully saturated rings. The van der Waals surface area contributed by atoms with E-state index in [1.54, 1.807) is 13.0 Å². The van der Waals surface area contributed by atoms with Gasteiger partial charge in [0, 0.05) is 38.3 Å². The SMILES string of the molecule is CCc1c2c(c(Cl)c3oc4c(S(=O)(=O)O)c(=NCCN(CC)CCO)ccc-4nc13)Nc1ccc(NCCN(CC)CCO)c(S(=O)(=O)O)c1O2. The fraction of sp³-hybridized carbons (Fsp3) is 0.438. The summed E-state index contributed by atoms with van der Waals surface area (Å²) in [6.45, 7) is 9.14. The van der Waals surface area contributed by atoms with E-state index in [1.807, 2.05) is 23.6 Å². The average Bonchev–Trinajstić information content (AvgIpc) is 3.08. The Bertz CT molecular complexity index is 2180. The number of nitrogens with one attached hydrogen (secondary N) is 2. The lowest BCUT2D eigenvalue weighted by Crippen LogP contribution is -2.31. The second-order valence-corrected chi connectivity index (χ2v) is 14.7. The summed E-state index contributed by atoms with van der Waals surface area (Å²) < 4.78 is 84.1. The van der Waals surface area contributed by atoms with Crippen LogP contribution in [0.1, 0.15) is 26.3 Å². The molecule has 19 heteroatoms. The number of aryl methyl sites for hydroxylation is 1. The quantitative estimate of drug-likeness (QED) is 0.0624. The molecule has 278 valence electrons. The molecule has 2 aliphatic heterocycles. The number of hydrogen-bond donors (Lipinski definition) is 6. The molecule has 3 aliphatic rings. The lowest BCUT2D eigenvalue weighted by molar-refractivity contribution is 0.205. The maximum atomic E-state index is 12.8. The molecule has 0 atom stereocenters. The topological polar surface area (TPSA) is 227 Å². The van der Waals surface area contributed by atoms with Crippen LogP contribution in [0.5, 0.6) is 11.5 Å². The zero-order chi connectivity index (χ0) is 37.1. The Morgan fingerprint density at radius 3 is 2.18 bits per heavy atom. The van der Waals surface area contributed by atoms with Crippen LogP contribution in [0.25, 0.3) is 22.6 Å². The van der Waals surface area contributed by atoms with Crippen molar-refractivity contribution in [2.24, 2.45) is 4.99 Å². The molecule has 51 heavy (non-hydrogen) atoms. The van der Waals surface area contributed by atoms with E-state index in [0.29, 0.717) is 51.4 Å². The molecular formula is C32H41ClN6O10S2. The molecule has 0 spiro atoms. The molecule has 16 nitrogen and oxygen atoms in total. The predicted molar refractivity (Wildman–Crippen MR) is 192 cm³/mol. The van der Waals surface area contributed by atoms with Crippen LogP contribution in [0.3, 0.4) is 0 Å². The van der Waals surface area contributed by atoms with Gasteiger partial charge in [0.2, 0.25) is 0 Å². The number of aromatic nitrogens is 1. The summed E-state index contributed by atoms with van der Waals surface area (Å²) in [5, 5.41) is 24.6. The third kappa shape index (κ3) is 8.08. The van der Waals surface area contributed by atoms with E-state index < -0.39 is 30.0 Å². The van der Waals surface area contributed by atoms with Crippen molar-refractivity contribution in [1.29, 1.82) is 0 Å². The monoisotopic (exact) mass is 768 g/mol. The van der Waals surface area contributed by atoms with Crippen molar-refractivity contribution in [1.82, 2.24) is 14.8 Å². The number of halogens is 1. The zero-order valence-corrected chi connectivity index (χ0v) is 30.7. The zero-order valence-electron chi connectivity index (χ0n) is 28.3. The highest BCUT2D eigenvalue weighted by Crippen LogP contribution is 2.54. The number of fused-ring (bicyclic) bond motifs is 4. The van der Waals surface area contributed by atoms with Crippen LogP contribution >= 0.6 is 11.6 Å². The van der Waals surface area contributed by atoms with Crippen molar-refractivity contribution < 1.29 is 45.3 Å². The number of anilines is 3. The molecule has 0 bridgehead atoms. The van der Waals surface area contributed by atoms with Crippen molar-refractivity contribution in [2.45, 2.75) is 37.0 Å². The molecule has 0 amide bonds. The van der Waals surface area contributed by atoms with Gasteiger partial charge >= 0.3 is 10.1 Å². The van der Waals surface area contributed by atoms with Crippen molar-refractivity contribution in [2.75, 3.05) is 76.2 Å². The summed E-state index contributed by atoms with van der Waals surface area (Å²) in [4.78, 5) is 11.9. The third-order valence-electron chi connectivity index (χ3n) is 8.54. The third-order valence-corrected chi connectivity index (χ3v) is 10.7. The molecule has 2 aromatic carbocycles. The molecule has 5 rings (SSSR count). The molecule has 0 radical (unpaired) electrons. The first kappa shape index (κ1) is 38.6. The molecule has 2 heterocycles. The van der Waals surface area contributed by atoms with Crippen LogP contribution in [0, 0.1) is 0 Å². The van der Waals surface area contributed by atoms with E-state index in [2.05, 4.69) is 20.6 Å². The van der Waals surface area contributed by atoms with Gasteiger partial charge in [-0.1, -0.05) is 32.4 Å². The number of likely N-dealkylation sites (N-methyl/N-ethyl adjacent to an activating group) is 2. The molecule has 0 saturated heterocycles. The molecule has 6 N–H and O–H groups in total. The van der Waals surface area contributed by atoms with Gasteiger partial charge in [-0.15, -0.1) is 0 Å². The molecule has 0 unspecified atom stereocenters. The van der Waals surface area contributed by atoms with Crippen LogP contribution in [0.2, 0.25) is 5.02 Å². The molecule has 2 aromatic rings. The van der Waals surface area contributed by atoms with Crippen LogP contribution in [0.4, 0.5) is 17.1 Å². The van der Waals surface area contributed by atoms with Gasteiger partial charge in [-0.3, -0.25) is 23.9 Å². The molecule has 0 saturated carbocycles. The van der Waals surface area contributed by atoms with Gasteiger partial charge < -0.3 is 30.0 Å². The molecule has 0 aromatic heterocycles. The highest BCUT2D eigenvalue weighted by molar-refractivity contribution is 7.86. The Labute approximate surface area is 300 Å². The van der Waals surface area contributed by atoms with Gasteiger partial charge in [0.1, 0.15) is 21.9 Å². The van der Waals surface area contributed by atoms with Gasteiger partial charge in [0.15, 0.2) is 32.6 Å². The lowest BCUT2D eigenvalue weighted by atomic mass is 10.0.